The van der Waals surface area contributed by atoms with Gasteiger partial charge in [0.25, 0.3) is 0 Å². The zero-order valence-corrected chi connectivity index (χ0v) is 6.79. The maximum Gasteiger partial charge on any atom is 0.131 e. The van der Waals surface area contributed by atoms with Crippen LogP contribution in [0.25, 0.3) is 10.8 Å². The number of fused-ring (bicyclic) bond motifs is 1. The number of aromatic nitrogens is 1. The van der Waals surface area contributed by atoms with Gasteiger partial charge in [-0.1, -0.05) is 0 Å². The Morgan fingerprint density at radius 3 is 2.69 bits per heavy atom. The molecule has 0 aliphatic carbocycles. The van der Waals surface area contributed by atoms with Crippen molar-refractivity contribution < 1.29 is 4.39 Å². The zero-order valence-electron chi connectivity index (χ0n) is 6.79. The number of rotatable bonds is 0. The lowest BCUT2D eigenvalue weighted by Gasteiger charge is -2.03. The molecule has 0 amide bonds. The summed E-state index contributed by atoms with van der Waals surface area (Å²) in [6.45, 7) is 0. The highest BCUT2D eigenvalue weighted by Crippen LogP contribution is 2.24. The average molecular weight is 177 g/mol. The largest absolute Gasteiger partial charge is 0.397 e. The molecule has 0 atom stereocenters. The third-order valence-electron chi connectivity index (χ3n) is 1.91. The highest BCUT2D eigenvalue weighted by molar-refractivity contribution is 5.98. The Kier molecular flexibility index (Phi) is 1.55. The fourth-order valence-electron chi connectivity index (χ4n) is 1.26. The molecule has 0 aliphatic rings. The predicted octanol–water partition coefficient (Wildman–Crippen LogP) is 1.54. The monoisotopic (exact) mass is 177 g/mol. The van der Waals surface area contributed by atoms with E-state index in [4.69, 9.17) is 11.5 Å². The molecule has 2 aromatic rings. The summed E-state index contributed by atoms with van der Waals surface area (Å²) in [5.74, 6) is 0.0361. The van der Waals surface area contributed by atoms with Gasteiger partial charge in [0.05, 0.1) is 11.9 Å². The number of anilines is 2. The topological polar surface area (TPSA) is 64.9 Å². The van der Waals surface area contributed by atoms with E-state index in [1.54, 1.807) is 6.07 Å². The van der Waals surface area contributed by atoms with Crippen molar-refractivity contribution in [1.29, 1.82) is 0 Å². The van der Waals surface area contributed by atoms with Gasteiger partial charge in [-0.15, -0.1) is 0 Å². The van der Waals surface area contributed by atoms with Gasteiger partial charge in [-0.25, -0.2) is 9.37 Å². The Morgan fingerprint density at radius 1 is 1.15 bits per heavy atom. The molecule has 4 N–H and O–H groups in total. The van der Waals surface area contributed by atoms with Gasteiger partial charge in [0.2, 0.25) is 0 Å². The summed E-state index contributed by atoms with van der Waals surface area (Å²) in [5.41, 5.74) is 11.6. The van der Waals surface area contributed by atoms with Crippen LogP contribution in [0.2, 0.25) is 0 Å². The summed E-state index contributed by atoms with van der Waals surface area (Å²) in [7, 11) is 0. The molecule has 0 radical (unpaired) electrons. The number of halogens is 1. The summed E-state index contributed by atoms with van der Waals surface area (Å²) < 4.78 is 12.8. The fourth-order valence-corrected chi connectivity index (χ4v) is 1.26. The first kappa shape index (κ1) is 7.79. The number of hydrogen-bond donors (Lipinski definition) is 2. The van der Waals surface area contributed by atoms with Gasteiger partial charge < -0.3 is 11.5 Å². The number of nitrogen functional groups attached to an aromatic ring is 2. The summed E-state index contributed by atoms with van der Waals surface area (Å²) in [5, 5.41) is 1.29. The molecule has 0 spiro atoms. The van der Waals surface area contributed by atoms with Gasteiger partial charge >= 0.3 is 0 Å². The molecule has 3 nitrogen and oxygen atoms in total. The molecule has 2 rings (SSSR count). The quantitative estimate of drug-likeness (QED) is 0.641. The Labute approximate surface area is 74.2 Å². The third kappa shape index (κ3) is 1.16. The normalized spacial score (nSPS) is 10.5. The third-order valence-corrected chi connectivity index (χ3v) is 1.91. The second-order valence-electron chi connectivity index (χ2n) is 2.79. The van der Waals surface area contributed by atoms with Crippen LogP contribution in [0.15, 0.2) is 24.4 Å². The first-order valence-electron chi connectivity index (χ1n) is 3.77. The van der Waals surface area contributed by atoms with Gasteiger partial charge in [-0.2, -0.15) is 0 Å². The second kappa shape index (κ2) is 2.58. The Morgan fingerprint density at radius 2 is 1.92 bits per heavy atom. The van der Waals surface area contributed by atoms with E-state index in [0.29, 0.717) is 22.3 Å². The van der Waals surface area contributed by atoms with Crippen LogP contribution in [-0.4, -0.2) is 4.98 Å². The Bertz CT molecular complexity index is 468. The summed E-state index contributed by atoms with van der Waals surface area (Å²) in [4.78, 5) is 3.87. The van der Waals surface area contributed by atoms with Gasteiger partial charge in [-0.05, 0) is 18.2 Å². The van der Waals surface area contributed by atoms with E-state index in [1.165, 1.54) is 18.3 Å². The minimum Gasteiger partial charge on any atom is -0.397 e. The van der Waals surface area contributed by atoms with E-state index >= 15 is 0 Å². The van der Waals surface area contributed by atoms with E-state index in [1.807, 2.05) is 0 Å². The van der Waals surface area contributed by atoms with Crippen LogP contribution in [0.3, 0.4) is 0 Å². The van der Waals surface area contributed by atoms with Crippen molar-refractivity contribution in [3.05, 3.63) is 30.2 Å². The van der Waals surface area contributed by atoms with Crippen molar-refractivity contribution in [2.24, 2.45) is 0 Å². The smallest absolute Gasteiger partial charge is 0.131 e. The molecule has 1 heterocycles. The SMILES string of the molecule is Nc1cnc(N)c2ccc(F)cc12. The molecule has 1 aromatic carbocycles. The summed E-state index contributed by atoms with van der Waals surface area (Å²) in [6.07, 6.45) is 1.43. The van der Waals surface area contributed by atoms with Crippen LogP contribution in [0, 0.1) is 5.82 Å². The minimum absolute atomic E-state index is 0.329. The predicted molar refractivity (Wildman–Crippen MR) is 50.5 cm³/mol. The van der Waals surface area contributed by atoms with Crippen LogP contribution in [0.1, 0.15) is 0 Å². The summed E-state index contributed by atoms with van der Waals surface area (Å²) in [6, 6.07) is 4.26. The molecular weight excluding hydrogens is 169 g/mol. The lowest BCUT2D eigenvalue weighted by molar-refractivity contribution is 0.630. The lowest BCUT2D eigenvalue weighted by Crippen LogP contribution is -1.95. The minimum atomic E-state index is -0.329. The van der Waals surface area contributed by atoms with Crippen LogP contribution in [0.5, 0.6) is 0 Å². The van der Waals surface area contributed by atoms with Gasteiger partial charge in [-0.3, -0.25) is 0 Å². The van der Waals surface area contributed by atoms with Gasteiger partial charge in [0.15, 0.2) is 0 Å². The average Bonchev–Trinajstić information content (AvgIpc) is 2.12. The zero-order chi connectivity index (χ0) is 9.42. The van der Waals surface area contributed by atoms with Crippen molar-refractivity contribution in [1.82, 2.24) is 4.98 Å². The maximum absolute atomic E-state index is 12.8. The molecule has 4 heteroatoms. The van der Waals surface area contributed by atoms with Crippen LogP contribution in [-0.2, 0) is 0 Å². The number of nitrogens with zero attached hydrogens (tertiary/aromatic N) is 1. The van der Waals surface area contributed by atoms with E-state index in [2.05, 4.69) is 4.98 Å². The first-order chi connectivity index (χ1) is 6.18. The van der Waals surface area contributed by atoms with E-state index in [9.17, 15) is 4.39 Å². The molecule has 0 bridgehead atoms. The Hall–Kier alpha value is -1.84. The fraction of sp³-hybridized carbons (Fsp3) is 0. The highest BCUT2D eigenvalue weighted by atomic mass is 19.1. The Balaban J connectivity index is 2.92. The van der Waals surface area contributed by atoms with E-state index in [0.717, 1.165) is 0 Å². The molecule has 66 valence electrons. The molecule has 0 saturated heterocycles. The molecule has 0 unspecified atom stereocenters. The van der Waals surface area contributed by atoms with Crippen LogP contribution in [0.4, 0.5) is 15.9 Å². The second-order valence-corrected chi connectivity index (χ2v) is 2.79. The maximum atomic E-state index is 12.8. The molecule has 0 aliphatic heterocycles. The van der Waals surface area contributed by atoms with Gasteiger partial charge in [0, 0.05) is 10.8 Å². The van der Waals surface area contributed by atoms with Crippen LogP contribution < -0.4 is 11.5 Å². The lowest BCUT2D eigenvalue weighted by atomic mass is 10.1. The number of nitrogens with two attached hydrogens (primary N) is 2. The first-order valence-corrected chi connectivity index (χ1v) is 3.77. The summed E-state index contributed by atoms with van der Waals surface area (Å²) >= 11 is 0. The molecule has 0 saturated carbocycles. The molecule has 0 fully saturated rings. The van der Waals surface area contributed by atoms with E-state index < -0.39 is 0 Å². The van der Waals surface area contributed by atoms with Crippen molar-refractivity contribution in [3.8, 4) is 0 Å². The standard InChI is InChI=1S/C9H8FN3/c10-5-1-2-6-7(3-5)8(11)4-13-9(6)12/h1-4H,11H2,(H2,12,13). The van der Waals surface area contributed by atoms with Crippen molar-refractivity contribution in [3.63, 3.8) is 0 Å². The van der Waals surface area contributed by atoms with Crippen molar-refractivity contribution in [2.45, 2.75) is 0 Å². The molecular formula is C9H8FN3. The van der Waals surface area contributed by atoms with Crippen molar-refractivity contribution in [2.75, 3.05) is 11.5 Å². The highest BCUT2D eigenvalue weighted by Gasteiger charge is 2.03. The number of hydrogen-bond acceptors (Lipinski definition) is 3. The van der Waals surface area contributed by atoms with Crippen LogP contribution >= 0.6 is 0 Å². The van der Waals surface area contributed by atoms with Crippen molar-refractivity contribution >= 4 is 22.3 Å². The van der Waals surface area contributed by atoms with E-state index in [-0.39, 0.29) is 5.82 Å². The molecule has 13 heavy (non-hydrogen) atoms. The number of pyridine rings is 1. The number of benzene rings is 1. The van der Waals surface area contributed by atoms with Gasteiger partial charge in [0.1, 0.15) is 11.6 Å². The molecule has 1 aromatic heterocycles.